The van der Waals surface area contributed by atoms with E-state index in [2.05, 4.69) is 5.32 Å². The summed E-state index contributed by atoms with van der Waals surface area (Å²) in [6.45, 7) is 3.67. The molecule has 0 aromatic heterocycles. The van der Waals surface area contributed by atoms with Crippen LogP contribution in [0.5, 0.6) is 0 Å². The van der Waals surface area contributed by atoms with Gasteiger partial charge in [0, 0.05) is 12.2 Å². The maximum absolute atomic E-state index is 12.2. The molecule has 0 aromatic carbocycles. The molecule has 114 valence electrons. The van der Waals surface area contributed by atoms with Gasteiger partial charge < -0.3 is 10.4 Å². The second-order valence-electron chi connectivity index (χ2n) is 4.80. The van der Waals surface area contributed by atoms with Crippen LogP contribution in [0, 0.1) is 0 Å². The first-order chi connectivity index (χ1) is 10.0. The number of allylic oxidation sites excluding steroid dienone is 2. The number of fused-ring (bicyclic) bond motifs is 1. The number of thioether (sulfide) groups is 1. The number of nitrogens with one attached hydrogen (secondary N) is 1. The van der Waals surface area contributed by atoms with Crippen LogP contribution < -0.4 is 5.32 Å². The van der Waals surface area contributed by atoms with Crippen LogP contribution in [0.2, 0.25) is 0 Å². The summed E-state index contributed by atoms with van der Waals surface area (Å²) in [6.07, 6.45) is 4.73. The number of amides is 2. The SMILES string of the molecule is CCC=CC1=C(C(=O)O)N2C(=O)C(NC(=O)CC)[C@H]2SC1. The Morgan fingerprint density at radius 2 is 2.19 bits per heavy atom. The maximum atomic E-state index is 12.2. The lowest BCUT2D eigenvalue weighted by molar-refractivity contribution is -0.150. The van der Waals surface area contributed by atoms with E-state index < -0.39 is 12.0 Å². The normalized spacial score (nSPS) is 24.9. The van der Waals surface area contributed by atoms with Gasteiger partial charge in [-0.2, -0.15) is 0 Å². The number of nitrogens with zero attached hydrogens (tertiary/aromatic N) is 1. The number of hydrogen-bond donors (Lipinski definition) is 2. The Morgan fingerprint density at radius 1 is 1.48 bits per heavy atom. The molecule has 2 amide bonds. The predicted octanol–water partition coefficient (Wildman–Crippen LogP) is 1.10. The number of β-lactam (4-membered cyclic amide) rings is 1. The van der Waals surface area contributed by atoms with Gasteiger partial charge in [-0.15, -0.1) is 11.8 Å². The minimum absolute atomic E-state index is 0.0375. The van der Waals surface area contributed by atoms with Crippen LogP contribution in [0.1, 0.15) is 26.7 Å². The molecule has 0 bridgehead atoms. The summed E-state index contributed by atoms with van der Waals surface area (Å²) < 4.78 is 0. The van der Waals surface area contributed by atoms with Crippen LogP contribution >= 0.6 is 11.8 Å². The molecule has 6 nitrogen and oxygen atoms in total. The van der Waals surface area contributed by atoms with Crippen LogP contribution in [0.15, 0.2) is 23.4 Å². The van der Waals surface area contributed by atoms with Crippen molar-refractivity contribution in [3.63, 3.8) is 0 Å². The highest BCUT2D eigenvalue weighted by Crippen LogP contribution is 2.40. The molecule has 2 rings (SSSR count). The first-order valence-corrected chi connectivity index (χ1v) is 7.93. The first-order valence-electron chi connectivity index (χ1n) is 6.88. The monoisotopic (exact) mass is 310 g/mol. The van der Waals surface area contributed by atoms with E-state index in [1.807, 2.05) is 13.0 Å². The standard InChI is InChI=1S/C14H18N2O4S/c1-3-5-6-8-7-21-13-10(15-9(17)4-2)12(18)16(13)11(8)14(19)20/h5-6,10,13H,3-4,7H2,1-2H3,(H,15,17)(H,19,20)/t10?,13-/m1/s1. The number of carbonyl (C=O) groups is 3. The Hall–Kier alpha value is -1.76. The van der Waals surface area contributed by atoms with Crippen molar-refractivity contribution in [3.8, 4) is 0 Å². The Morgan fingerprint density at radius 3 is 2.76 bits per heavy atom. The maximum Gasteiger partial charge on any atom is 0.352 e. The average molecular weight is 310 g/mol. The van der Waals surface area contributed by atoms with Crippen molar-refractivity contribution >= 4 is 29.5 Å². The van der Waals surface area contributed by atoms with Crippen molar-refractivity contribution in [1.82, 2.24) is 10.2 Å². The van der Waals surface area contributed by atoms with E-state index in [0.717, 1.165) is 6.42 Å². The molecular weight excluding hydrogens is 292 g/mol. The van der Waals surface area contributed by atoms with Gasteiger partial charge in [-0.3, -0.25) is 14.5 Å². The third-order valence-corrected chi connectivity index (χ3v) is 4.69. The van der Waals surface area contributed by atoms with Gasteiger partial charge in [0.2, 0.25) is 5.91 Å². The lowest BCUT2D eigenvalue weighted by Crippen LogP contribution is -2.70. The summed E-state index contributed by atoms with van der Waals surface area (Å²) in [5, 5.41) is 11.7. The van der Waals surface area contributed by atoms with E-state index in [1.165, 1.54) is 16.7 Å². The van der Waals surface area contributed by atoms with Crippen molar-refractivity contribution < 1.29 is 19.5 Å². The summed E-state index contributed by atoms with van der Waals surface area (Å²) in [7, 11) is 0. The molecule has 1 unspecified atom stereocenters. The fourth-order valence-electron chi connectivity index (χ4n) is 2.31. The fourth-order valence-corrected chi connectivity index (χ4v) is 3.63. The molecule has 0 aromatic rings. The molecule has 2 N–H and O–H groups in total. The summed E-state index contributed by atoms with van der Waals surface area (Å²) >= 11 is 1.47. The van der Waals surface area contributed by atoms with Crippen LogP contribution in [-0.4, -0.2) is 45.0 Å². The molecule has 0 spiro atoms. The summed E-state index contributed by atoms with van der Waals surface area (Å²) in [6, 6.07) is -0.617. The van der Waals surface area contributed by atoms with E-state index in [0.29, 0.717) is 17.7 Å². The van der Waals surface area contributed by atoms with E-state index >= 15 is 0 Å². The van der Waals surface area contributed by atoms with Gasteiger partial charge in [-0.1, -0.05) is 26.0 Å². The minimum atomic E-state index is -1.11. The molecule has 0 saturated carbocycles. The lowest BCUT2D eigenvalue weighted by Gasteiger charge is -2.49. The van der Waals surface area contributed by atoms with E-state index in [4.69, 9.17) is 0 Å². The molecule has 2 aliphatic rings. The Kier molecular flexibility index (Phi) is 4.72. The molecule has 0 aliphatic carbocycles. The molecule has 1 fully saturated rings. The fraction of sp³-hybridized carbons (Fsp3) is 0.500. The number of carbonyl (C=O) groups excluding carboxylic acids is 2. The van der Waals surface area contributed by atoms with Gasteiger partial charge in [0.25, 0.3) is 5.91 Å². The largest absolute Gasteiger partial charge is 0.477 e. The quantitative estimate of drug-likeness (QED) is 0.743. The number of aliphatic carboxylic acids is 1. The third kappa shape index (κ3) is 2.83. The van der Waals surface area contributed by atoms with E-state index in [-0.39, 0.29) is 22.9 Å². The molecular formula is C14H18N2O4S. The molecule has 7 heteroatoms. The van der Waals surface area contributed by atoms with E-state index in [9.17, 15) is 19.5 Å². The predicted molar refractivity (Wildman–Crippen MR) is 79.4 cm³/mol. The number of carboxylic acids is 1. The van der Waals surface area contributed by atoms with E-state index in [1.54, 1.807) is 13.0 Å². The minimum Gasteiger partial charge on any atom is -0.477 e. The summed E-state index contributed by atoms with van der Waals surface area (Å²) in [4.78, 5) is 36.3. The van der Waals surface area contributed by atoms with Crippen molar-refractivity contribution in [1.29, 1.82) is 0 Å². The molecule has 1 saturated heterocycles. The Balaban J connectivity index is 2.24. The lowest BCUT2D eigenvalue weighted by atomic mass is 10.0. The van der Waals surface area contributed by atoms with Gasteiger partial charge >= 0.3 is 5.97 Å². The highest BCUT2D eigenvalue weighted by atomic mass is 32.2. The second kappa shape index (κ2) is 6.34. The van der Waals surface area contributed by atoms with Gasteiger partial charge in [-0.25, -0.2) is 4.79 Å². The third-order valence-electron chi connectivity index (χ3n) is 3.39. The topological polar surface area (TPSA) is 86.7 Å². The molecule has 2 aliphatic heterocycles. The highest BCUT2D eigenvalue weighted by molar-refractivity contribution is 8.00. The van der Waals surface area contributed by atoms with Crippen LogP contribution in [0.25, 0.3) is 0 Å². The molecule has 2 atom stereocenters. The zero-order valence-corrected chi connectivity index (χ0v) is 12.8. The van der Waals surface area contributed by atoms with Gasteiger partial charge in [0.1, 0.15) is 17.1 Å². The Labute approximate surface area is 127 Å². The zero-order valence-electron chi connectivity index (χ0n) is 12.0. The molecule has 2 heterocycles. The highest BCUT2D eigenvalue weighted by Gasteiger charge is 2.53. The summed E-state index contributed by atoms with van der Waals surface area (Å²) in [5.41, 5.74) is 0.676. The molecule has 21 heavy (non-hydrogen) atoms. The van der Waals surface area contributed by atoms with Crippen LogP contribution in [0.3, 0.4) is 0 Å². The average Bonchev–Trinajstić information content (AvgIpc) is 2.48. The first kappa shape index (κ1) is 15.6. The second-order valence-corrected chi connectivity index (χ2v) is 5.90. The van der Waals surface area contributed by atoms with Gasteiger partial charge in [0.15, 0.2) is 0 Å². The molecule has 0 radical (unpaired) electrons. The van der Waals surface area contributed by atoms with Crippen LogP contribution in [-0.2, 0) is 14.4 Å². The smallest absolute Gasteiger partial charge is 0.352 e. The number of hydrogen-bond acceptors (Lipinski definition) is 4. The van der Waals surface area contributed by atoms with Gasteiger partial charge in [-0.05, 0) is 12.0 Å². The van der Waals surface area contributed by atoms with Crippen molar-refractivity contribution in [2.45, 2.75) is 38.1 Å². The van der Waals surface area contributed by atoms with Crippen molar-refractivity contribution in [3.05, 3.63) is 23.4 Å². The Bertz CT molecular complexity index is 541. The number of carboxylic acid groups (broad SMARTS) is 1. The number of rotatable bonds is 5. The van der Waals surface area contributed by atoms with Crippen molar-refractivity contribution in [2.24, 2.45) is 0 Å². The van der Waals surface area contributed by atoms with Crippen LogP contribution in [0.4, 0.5) is 0 Å². The van der Waals surface area contributed by atoms with Crippen molar-refractivity contribution in [2.75, 3.05) is 5.75 Å². The zero-order chi connectivity index (χ0) is 15.6. The van der Waals surface area contributed by atoms with Gasteiger partial charge in [0.05, 0.1) is 0 Å². The summed E-state index contributed by atoms with van der Waals surface area (Å²) in [5.74, 6) is -1.14.